The van der Waals surface area contributed by atoms with Crippen LogP contribution in [0.2, 0.25) is 0 Å². The molecule has 0 aliphatic heterocycles. The summed E-state index contributed by atoms with van der Waals surface area (Å²) in [6, 6.07) is 8.73. The average Bonchev–Trinajstić information content (AvgIpc) is 2.91. The van der Waals surface area contributed by atoms with Crippen molar-refractivity contribution < 1.29 is 10.2 Å². The van der Waals surface area contributed by atoms with Gasteiger partial charge < -0.3 is 10.2 Å². The molecule has 2 fully saturated rings. The van der Waals surface area contributed by atoms with E-state index in [1.165, 1.54) is 34.9 Å². The van der Waals surface area contributed by atoms with Crippen LogP contribution in [0.5, 0.6) is 0 Å². The van der Waals surface area contributed by atoms with Crippen molar-refractivity contribution in [1.82, 2.24) is 4.98 Å². The highest BCUT2D eigenvalue weighted by Gasteiger charge is 2.56. The number of rotatable bonds is 1. The molecule has 4 aliphatic carbocycles. The van der Waals surface area contributed by atoms with Crippen LogP contribution < -0.4 is 0 Å². The maximum absolute atomic E-state index is 11.3. The molecule has 1 aromatic heterocycles. The third-order valence-electron chi connectivity index (χ3n) is 9.18. The molecular weight excluding hydrogens is 394 g/mol. The van der Waals surface area contributed by atoms with Gasteiger partial charge in [0, 0.05) is 23.7 Å². The zero-order valence-corrected chi connectivity index (χ0v) is 18.4. The Morgan fingerprint density at radius 2 is 1.88 bits per heavy atom. The number of nitrogens with zero attached hydrogens (tertiary/aromatic N) is 1. The number of aliphatic hydroxyl groups excluding tert-OH is 2. The number of allylic oxidation sites excluding steroid dienone is 3. The fraction of sp³-hybridized carbons (Fsp3) is 0.552. The molecule has 1 aromatic carbocycles. The Balaban J connectivity index is 0.00000216. The maximum atomic E-state index is 11.3. The predicted molar refractivity (Wildman–Crippen MR) is 130 cm³/mol. The van der Waals surface area contributed by atoms with Crippen molar-refractivity contribution in [2.24, 2.45) is 23.2 Å². The topological polar surface area (TPSA) is 53.4 Å². The molecule has 2 saturated carbocycles. The van der Waals surface area contributed by atoms with Gasteiger partial charge in [-0.15, -0.1) is 0 Å². The normalized spacial score (nSPS) is 38.5. The molecule has 3 nitrogen and oxygen atoms in total. The molecular formula is C29H37NO2. The van der Waals surface area contributed by atoms with E-state index >= 15 is 0 Å². The monoisotopic (exact) mass is 431 g/mol. The lowest BCUT2D eigenvalue weighted by Gasteiger charge is -2.44. The third-order valence-corrected chi connectivity index (χ3v) is 9.18. The molecule has 0 saturated heterocycles. The summed E-state index contributed by atoms with van der Waals surface area (Å²) in [6.07, 6.45) is 15.5. The van der Waals surface area contributed by atoms with Crippen molar-refractivity contribution in [3.63, 3.8) is 0 Å². The van der Waals surface area contributed by atoms with E-state index in [-0.39, 0.29) is 31.0 Å². The number of pyridine rings is 1. The van der Waals surface area contributed by atoms with Gasteiger partial charge in [0.25, 0.3) is 0 Å². The van der Waals surface area contributed by atoms with Crippen LogP contribution in [-0.4, -0.2) is 27.4 Å². The number of fused-ring (bicyclic) bond motifs is 5. The van der Waals surface area contributed by atoms with Gasteiger partial charge in [0.2, 0.25) is 0 Å². The van der Waals surface area contributed by atoms with Gasteiger partial charge in [-0.05, 0) is 96.8 Å². The molecule has 7 unspecified atom stereocenters. The second-order valence-electron chi connectivity index (χ2n) is 10.8. The minimum Gasteiger partial charge on any atom is -0.393 e. The van der Waals surface area contributed by atoms with Crippen molar-refractivity contribution in [3.05, 3.63) is 65.5 Å². The first-order valence-corrected chi connectivity index (χ1v) is 12.1. The molecule has 2 N–H and O–H groups in total. The van der Waals surface area contributed by atoms with E-state index in [9.17, 15) is 10.2 Å². The molecule has 1 heterocycles. The van der Waals surface area contributed by atoms with Crippen LogP contribution in [0.25, 0.3) is 10.8 Å². The Morgan fingerprint density at radius 1 is 1.03 bits per heavy atom. The number of aromatic nitrogens is 1. The minimum absolute atomic E-state index is 0. The quantitative estimate of drug-likeness (QED) is 0.568. The lowest BCUT2D eigenvalue weighted by molar-refractivity contribution is 0.115. The molecule has 6 rings (SSSR count). The van der Waals surface area contributed by atoms with Crippen LogP contribution in [0.15, 0.2) is 60.0 Å². The molecule has 170 valence electrons. The molecule has 32 heavy (non-hydrogen) atoms. The molecule has 2 aromatic rings. The smallest absolute Gasteiger partial charge is 0.0617 e. The second-order valence-corrected chi connectivity index (χ2v) is 10.8. The van der Waals surface area contributed by atoms with E-state index in [0.29, 0.717) is 17.8 Å². The fourth-order valence-corrected chi connectivity index (χ4v) is 7.61. The van der Waals surface area contributed by atoms with E-state index in [2.05, 4.69) is 48.3 Å². The maximum Gasteiger partial charge on any atom is 0.0617 e. The summed E-state index contributed by atoms with van der Waals surface area (Å²) in [4.78, 5) is 4.31. The predicted octanol–water partition coefficient (Wildman–Crippen LogP) is 6.17. The van der Waals surface area contributed by atoms with Gasteiger partial charge in [-0.25, -0.2) is 0 Å². The van der Waals surface area contributed by atoms with Crippen molar-refractivity contribution >= 4 is 10.8 Å². The summed E-state index contributed by atoms with van der Waals surface area (Å²) in [5.41, 5.74) is 4.31. The van der Waals surface area contributed by atoms with Gasteiger partial charge in [-0.1, -0.05) is 44.2 Å². The van der Waals surface area contributed by atoms with Crippen LogP contribution in [-0.2, 0) is 0 Å². The van der Waals surface area contributed by atoms with Crippen LogP contribution in [0.3, 0.4) is 0 Å². The fourth-order valence-electron chi connectivity index (χ4n) is 7.61. The first-order chi connectivity index (χ1) is 15.0. The van der Waals surface area contributed by atoms with Crippen LogP contribution in [0.4, 0.5) is 0 Å². The standard InChI is InChI=1S/C28H33NO2.CH4/c1-28-10-8-19-12-21-14-23(30)6-4-17(21)5-7-24(19)25(28)15-26(31)27(28)20-3-2-18-9-11-29-16-22(18)13-20;/h2-3,8-9,11-13,16-17,23-27,30-31H,4-7,10,14-15H2,1H3;1H4. The van der Waals surface area contributed by atoms with Crippen molar-refractivity contribution in [2.45, 2.75) is 77.4 Å². The van der Waals surface area contributed by atoms with E-state index in [1.54, 1.807) is 0 Å². The van der Waals surface area contributed by atoms with Crippen LogP contribution >= 0.6 is 0 Å². The Labute approximate surface area is 192 Å². The lowest BCUT2D eigenvalue weighted by atomic mass is 9.60. The Hall–Kier alpha value is -1.97. The third kappa shape index (κ3) is 3.36. The highest BCUT2D eigenvalue weighted by Crippen LogP contribution is 2.62. The molecule has 0 amide bonds. The second kappa shape index (κ2) is 8.11. The average molecular weight is 432 g/mol. The molecule has 3 heteroatoms. The highest BCUT2D eigenvalue weighted by atomic mass is 16.3. The highest BCUT2D eigenvalue weighted by molar-refractivity contribution is 5.82. The SMILES string of the molecule is C.CC12CC=C3C=C4CC(O)CCC4CCC3C1CC(O)C2c1ccc2ccncc2c1. The Morgan fingerprint density at radius 3 is 2.75 bits per heavy atom. The molecule has 0 bridgehead atoms. The van der Waals surface area contributed by atoms with Crippen molar-refractivity contribution in [1.29, 1.82) is 0 Å². The zero-order chi connectivity index (χ0) is 21.2. The molecule has 4 aliphatic rings. The number of benzene rings is 1. The summed E-state index contributed by atoms with van der Waals surface area (Å²) < 4.78 is 0. The van der Waals surface area contributed by atoms with Gasteiger partial charge in [-0.2, -0.15) is 0 Å². The van der Waals surface area contributed by atoms with Crippen molar-refractivity contribution in [2.75, 3.05) is 0 Å². The number of hydrogen-bond donors (Lipinski definition) is 2. The van der Waals surface area contributed by atoms with Gasteiger partial charge in [0.1, 0.15) is 0 Å². The summed E-state index contributed by atoms with van der Waals surface area (Å²) >= 11 is 0. The Kier molecular flexibility index (Phi) is 5.54. The van der Waals surface area contributed by atoms with E-state index in [1.807, 2.05) is 12.4 Å². The summed E-state index contributed by atoms with van der Waals surface area (Å²) in [6.45, 7) is 2.42. The first-order valence-electron chi connectivity index (χ1n) is 12.1. The van der Waals surface area contributed by atoms with Crippen LogP contribution in [0, 0.1) is 23.2 Å². The van der Waals surface area contributed by atoms with Crippen LogP contribution in [0.1, 0.15) is 70.8 Å². The van der Waals surface area contributed by atoms with E-state index in [4.69, 9.17) is 0 Å². The van der Waals surface area contributed by atoms with E-state index in [0.717, 1.165) is 37.5 Å². The summed E-state index contributed by atoms with van der Waals surface area (Å²) in [5, 5.41) is 23.9. The summed E-state index contributed by atoms with van der Waals surface area (Å²) in [7, 11) is 0. The van der Waals surface area contributed by atoms with Gasteiger partial charge in [0.05, 0.1) is 12.2 Å². The van der Waals surface area contributed by atoms with Gasteiger partial charge in [0.15, 0.2) is 0 Å². The molecule has 0 radical (unpaired) electrons. The minimum atomic E-state index is -0.295. The first kappa shape index (κ1) is 21.9. The van der Waals surface area contributed by atoms with Gasteiger partial charge in [-0.3, -0.25) is 4.98 Å². The number of hydrogen-bond acceptors (Lipinski definition) is 3. The largest absolute Gasteiger partial charge is 0.393 e. The number of aliphatic hydroxyl groups is 2. The van der Waals surface area contributed by atoms with Gasteiger partial charge >= 0.3 is 0 Å². The summed E-state index contributed by atoms with van der Waals surface area (Å²) in [5.74, 6) is 1.87. The lowest BCUT2D eigenvalue weighted by Crippen LogP contribution is -2.36. The Bertz CT molecular complexity index is 1070. The molecule has 0 spiro atoms. The zero-order valence-electron chi connectivity index (χ0n) is 18.4. The van der Waals surface area contributed by atoms with E-state index < -0.39 is 0 Å². The van der Waals surface area contributed by atoms with Crippen molar-refractivity contribution in [3.8, 4) is 0 Å². The molecule has 7 atom stereocenters.